The van der Waals surface area contributed by atoms with E-state index in [2.05, 4.69) is 32.0 Å². The second-order valence-corrected chi connectivity index (χ2v) is 9.43. The van der Waals surface area contributed by atoms with E-state index in [9.17, 15) is 13.2 Å². The molecule has 0 aliphatic rings. The summed E-state index contributed by atoms with van der Waals surface area (Å²) in [6.45, 7) is 1.99. The number of nitrogens with one attached hydrogen (secondary N) is 3. The van der Waals surface area contributed by atoms with Crippen molar-refractivity contribution in [1.82, 2.24) is 15.4 Å². The van der Waals surface area contributed by atoms with Crippen LogP contribution in [0.25, 0.3) is 0 Å². The van der Waals surface area contributed by atoms with Gasteiger partial charge in [0.15, 0.2) is 0 Å². The molecule has 0 bridgehead atoms. The van der Waals surface area contributed by atoms with E-state index >= 15 is 0 Å². The summed E-state index contributed by atoms with van der Waals surface area (Å²) in [5.41, 5.74) is 4.01. The molecule has 0 aliphatic carbocycles. The molecule has 3 aromatic rings. The van der Waals surface area contributed by atoms with Crippen molar-refractivity contribution in [2.75, 3.05) is 42.0 Å². The van der Waals surface area contributed by atoms with Crippen molar-refractivity contribution in [2.45, 2.75) is 6.92 Å². The van der Waals surface area contributed by atoms with Crippen molar-refractivity contribution in [1.29, 1.82) is 0 Å². The molecule has 0 spiro atoms. The Balaban J connectivity index is 2.05. The van der Waals surface area contributed by atoms with Gasteiger partial charge in [0, 0.05) is 24.9 Å². The SMILES string of the molecule is C#Cc1ccc(Nc2cc(Nc3ccc(OC)cn3)ncc2C(=O)NOCC)c(N(C)S(C)(=O)=O)c1. The normalized spacial score (nSPS) is 10.8. The molecule has 0 radical (unpaired) electrons. The minimum Gasteiger partial charge on any atom is -0.495 e. The maximum absolute atomic E-state index is 12.7. The molecule has 1 aromatic carbocycles. The number of pyridine rings is 2. The summed E-state index contributed by atoms with van der Waals surface area (Å²) >= 11 is 0. The predicted octanol–water partition coefficient (Wildman–Crippen LogP) is 3.03. The molecular weight excluding hydrogens is 484 g/mol. The molecule has 11 nitrogen and oxygen atoms in total. The summed E-state index contributed by atoms with van der Waals surface area (Å²) in [4.78, 5) is 26.3. The Labute approximate surface area is 209 Å². The standard InChI is InChI=1S/C24H26N6O5S/c1-6-16-8-10-19(21(12-16)30(3)36(5,32)33)27-20-13-23(26-15-18(20)24(31)29-35-7-2)28-22-11-9-17(34-4)14-25-22/h1,8-15H,7H2,2-5H3,(H,29,31)(H2,25,26,27,28). The van der Waals surface area contributed by atoms with E-state index in [1.165, 1.54) is 13.2 Å². The minimum atomic E-state index is -3.61. The van der Waals surface area contributed by atoms with Gasteiger partial charge in [-0.15, -0.1) is 6.42 Å². The van der Waals surface area contributed by atoms with E-state index in [1.54, 1.807) is 56.6 Å². The van der Waals surface area contributed by atoms with Crippen LogP contribution in [0.4, 0.5) is 28.7 Å². The smallest absolute Gasteiger partial charge is 0.278 e. The molecule has 12 heteroatoms. The second-order valence-electron chi connectivity index (χ2n) is 7.42. The van der Waals surface area contributed by atoms with Gasteiger partial charge >= 0.3 is 0 Å². The number of carbonyl (C=O) groups is 1. The molecule has 3 rings (SSSR count). The summed E-state index contributed by atoms with van der Waals surface area (Å²) < 4.78 is 30.7. The number of aromatic nitrogens is 2. The number of rotatable bonds is 10. The number of hydrogen-bond acceptors (Lipinski definition) is 9. The van der Waals surface area contributed by atoms with Gasteiger partial charge < -0.3 is 15.4 Å². The van der Waals surface area contributed by atoms with E-state index in [4.69, 9.17) is 16.0 Å². The average molecular weight is 511 g/mol. The number of nitrogens with zero attached hydrogens (tertiary/aromatic N) is 3. The van der Waals surface area contributed by atoms with Gasteiger partial charge in [0.2, 0.25) is 10.0 Å². The van der Waals surface area contributed by atoms with Crippen LogP contribution in [0.3, 0.4) is 0 Å². The summed E-state index contributed by atoms with van der Waals surface area (Å²) in [5, 5.41) is 6.19. The van der Waals surface area contributed by atoms with Crippen LogP contribution in [0.2, 0.25) is 0 Å². The number of amides is 1. The lowest BCUT2D eigenvalue weighted by Crippen LogP contribution is -2.26. The van der Waals surface area contributed by atoms with Crippen molar-refractivity contribution < 1.29 is 22.8 Å². The van der Waals surface area contributed by atoms with Crippen molar-refractivity contribution in [2.24, 2.45) is 0 Å². The Kier molecular flexibility index (Phi) is 8.31. The van der Waals surface area contributed by atoms with Crippen molar-refractivity contribution in [3.05, 3.63) is 59.9 Å². The lowest BCUT2D eigenvalue weighted by Gasteiger charge is -2.22. The number of methoxy groups -OCH3 is 1. The van der Waals surface area contributed by atoms with Gasteiger partial charge in [0.25, 0.3) is 5.91 Å². The van der Waals surface area contributed by atoms with Gasteiger partial charge in [-0.1, -0.05) is 5.92 Å². The first-order chi connectivity index (χ1) is 17.2. The van der Waals surface area contributed by atoms with Crippen molar-refractivity contribution >= 4 is 44.6 Å². The van der Waals surface area contributed by atoms with Crippen LogP contribution in [0, 0.1) is 12.3 Å². The third kappa shape index (κ3) is 6.41. The Morgan fingerprint density at radius 3 is 2.44 bits per heavy atom. The Hall–Kier alpha value is -4.34. The van der Waals surface area contributed by atoms with Crippen LogP contribution in [0.1, 0.15) is 22.8 Å². The topological polar surface area (TPSA) is 135 Å². The fraction of sp³-hybridized carbons (Fsp3) is 0.208. The highest BCUT2D eigenvalue weighted by molar-refractivity contribution is 7.92. The Bertz CT molecular complexity index is 1390. The maximum Gasteiger partial charge on any atom is 0.278 e. The van der Waals surface area contributed by atoms with Crippen LogP contribution < -0.4 is 25.2 Å². The summed E-state index contributed by atoms with van der Waals surface area (Å²) in [5.74, 6) is 3.42. The zero-order valence-corrected chi connectivity index (χ0v) is 21.0. The van der Waals surface area contributed by atoms with E-state index < -0.39 is 15.9 Å². The molecule has 0 fully saturated rings. The van der Waals surface area contributed by atoms with Gasteiger partial charge in [-0.2, -0.15) is 0 Å². The van der Waals surface area contributed by atoms with Gasteiger partial charge in [-0.25, -0.2) is 23.9 Å². The van der Waals surface area contributed by atoms with Crippen LogP contribution >= 0.6 is 0 Å². The first-order valence-corrected chi connectivity index (χ1v) is 12.5. The summed E-state index contributed by atoms with van der Waals surface area (Å²) in [6, 6.07) is 9.88. The average Bonchev–Trinajstić information content (AvgIpc) is 2.87. The zero-order valence-electron chi connectivity index (χ0n) is 20.2. The number of sulfonamides is 1. The van der Waals surface area contributed by atoms with Gasteiger partial charge in [-0.05, 0) is 37.3 Å². The Morgan fingerprint density at radius 2 is 1.83 bits per heavy atom. The fourth-order valence-corrected chi connectivity index (χ4v) is 3.53. The maximum atomic E-state index is 12.7. The molecule has 0 atom stereocenters. The minimum absolute atomic E-state index is 0.158. The van der Waals surface area contributed by atoms with Crippen LogP contribution in [-0.2, 0) is 14.9 Å². The highest BCUT2D eigenvalue weighted by atomic mass is 32.2. The monoisotopic (exact) mass is 510 g/mol. The van der Waals surface area contributed by atoms with Crippen LogP contribution in [0.15, 0.2) is 48.8 Å². The number of hydroxylamine groups is 1. The molecule has 2 aromatic heterocycles. The third-order valence-electron chi connectivity index (χ3n) is 4.96. The lowest BCUT2D eigenvalue weighted by molar-refractivity contribution is 0.0365. The molecule has 0 aliphatic heterocycles. The van der Waals surface area contributed by atoms with Gasteiger partial charge in [0.05, 0.1) is 48.8 Å². The van der Waals surface area contributed by atoms with E-state index in [0.29, 0.717) is 40.0 Å². The van der Waals surface area contributed by atoms with Gasteiger partial charge in [-0.3, -0.25) is 13.9 Å². The molecular formula is C24H26N6O5S. The highest BCUT2D eigenvalue weighted by Crippen LogP contribution is 2.33. The number of carbonyl (C=O) groups excluding carboxylic acids is 1. The number of ether oxygens (including phenoxy) is 1. The Morgan fingerprint density at radius 1 is 1.08 bits per heavy atom. The van der Waals surface area contributed by atoms with Crippen molar-refractivity contribution in [3.8, 4) is 18.1 Å². The quantitative estimate of drug-likeness (QED) is 0.278. The molecule has 1 amide bonds. The third-order valence-corrected chi connectivity index (χ3v) is 6.15. The van der Waals surface area contributed by atoms with Gasteiger partial charge in [0.1, 0.15) is 17.4 Å². The molecule has 0 saturated heterocycles. The fourth-order valence-electron chi connectivity index (χ4n) is 3.02. The lowest BCUT2D eigenvalue weighted by atomic mass is 10.1. The number of anilines is 5. The van der Waals surface area contributed by atoms with Crippen LogP contribution in [0.5, 0.6) is 5.75 Å². The second kappa shape index (κ2) is 11.4. The largest absolute Gasteiger partial charge is 0.495 e. The van der Waals surface area contributed by atoms with E-state index in [1.807, 2.05) is 0 Å². The molecule has 188 valence electrons. The summed E-state index contributed by atoms with van der Waals surface area (Å²) in [6.07, 6.45) is 9.50. The highest BCUT2D eigenvalue weighted by Gasteiger charge is 2.20. The molecule has 0 unspecified atom stereocenters. The number of hydrogen-bond donors (Lipinski definition) is 3. The molecule has 36 heavy (non-hydrogen) atoms. The van der Waals surface area contributed by atoms with E-state index in [-0.39, 0.29) is 12.2 Å². The number of benzene rings is 1. The molecule has 0 saturated carbocycles. The van der Waals surface area contributed by atoms with Crippen molar-refractivity contribution in [3.63, 3.8) is 0 Å². The molecule has 2 heterocycles. The molecule has 3 N–H and O–H groups in total. The van der Waals surface area contributed by atoms with E-state index in [0.717, 1.165) is 10.6 Å². The van der Waals surface area contributed by atoms with Crippen LogP contribution in [-0.4, -0.2) is 51.3 Å². The first-order valence-electron chi connectivity index (χ1n) is 10.7. The predicted molar refractivity (Wildman–Crippen MR) is 138 cm³/mol. The zero-order chi connectivity index (χ0) is 26.3. The summed E-state index contributed by atoms with van der Waals surface area (Å²) in [7, 11) is -0.653. The number of terminal acetylenes is 1. The first kappa shape index (κ1) is 26.3.